The number of carbonyl (C=O) groups is 2. The molecule has 2 rings (SSSR count). The maximum Gasteiger partial charge on any atom is 0.417 e. The van der Waals surface area contributed by atoms with Crippen LogP contribution < -0.4 is 0 Å². The van der Waals surface area contributed by atoms with Crippen molar-refractivity contribution in [3.05, 3.63) is 0 Å². The van der Waals surface area contributed by atoms with Crippen molar-refractivity contribution in [1.29, 1.82) is 0 Å². The molecule has 0 aromatic heterocycles. The van der Waals surface area contributed by atoms with E-state index in [-0.39, 0.29) is 37.0 Å². The number of aliphatic hydroxyl groups excluding tert-OH is 1. The molecular formula is C22H41NO7Si. The molecule has 0 aromatic carbocycles. The normalized spacial score (nSPS) is 28.2. The Labute approximate surface area is 187 Å². The number of rotatable bonds is 5. The number of hydrogen-bond acceptors (Lipinski definition) is 7. The standard InChI is InChI=1S/C22H41NO7Si/c1-19(2,3)30-18(26)23-16(24)11-12-22(23,14-28-31(9,10)20(4,5)6)17(25)15-13-27-21(7,8)29-15/h15,17,25H,11-14H2,1-10H3/t15-,17-,22-/m0/s1. The molecule has 1 N–H and O–H groups in total. The molecule has 3 atom stereocenters. The molecule has 0 spiro atoms. The molecule has 180 valence electrons. The molecule has 2 aliphatic rings. The predicted molar refractivity (Wildman–Crippen MR) is 119 cm³/mol. The first kappa shape index (κ1) is 26.3. The summed E-state index contributed by atoms with van der Waals surface area (Å²) in [5, 5.41) is 11.4. The van der Waals surface area contributed by atoms with Crippen molar-refractivity contribution >= 4 is 20.3 Å². The van der Waals surface area contributed by atoms with Crippen LogP contribution in [0, 0.1) is 0 Å². The molecule has 0 aromatic rings. The number of imide groups is 1. The number of aliphatic hydroxyl groups is 1. The minimum atomic E-state index is -2.24. The van der Waals surface area contributed by atoms with Gasteiger partial charge in [-0.15, -0.1) is 0 Å². The second kappa shape index (κ2) is 8.41. The van der Waals surface area contributed by atoms with Gasteiger partial charge in [-0.2, -0.15) is 0 Å². The van der Waals surface area contributed by atoms with Crippen LogP contribution in [-0.4, -0.2) is 72.7 Å². The van der Waals surface area contributed by atoms with Crippen molar-refractivity contribution in [1.82, 2.24) is 4.90 Å². The SMILES string of the molecule is CC(C)(C)OC(=O)N1C(=O)CC[C@]1(CO[Si](C)(C)C(C)(C)C)[C@@H](O)[C@@H]1COC(C)(C)O1. The summed E-state index contributed by atoms with van der Waals surface area (Å²) in [6, 6.07) is 0. The van der Waals surface area contributed by atoms with Crippen molar-refractivity contribution in [2.24, 2.45) is 0 Å². The van der Waals surface area contributed by atoms with Gasteiger partial charge in [0.05, 0.1) is 13.2 Å². The number of nitrogens with zero attached hydrogens (tertiary/aromatic N) is 1. The lowest BCUT2D eigenvalue weighted by molar-refractivity contribution is -0.168. The topological polar surface area (TPSA) is 94.5 Å². The van der Waals surface area contributed by atoms with Crippen LogP contribution in [0.3, 0.4) is 0 Å². The highest BCUT2D eigenvalue weighted by Gasteiger charge is 2.59. The van der Waals surface area contributed by atoms with Crippen LogP contribution in [0.5, 0.6) is 0 Å². The zero-order valence-corrected chi connectivity index (χ0v) is 21.8. The Bertz CT molecular complexity index is 695. The van der Waals surface area contributed by atoms with Gasteiger partial charge in [0.2, 0.25) is 5.91 Å². The number of likely N-dealkylation sites (tertiary alicyclic amines) is 1. The zero-order chi connectivity index (χ0) is 24.0. The summed E-state index contributed by atoms with van der Waals surface area (Å²) in [7, 11) is -2.24. The van der Waals surface area contributed by atoms with Gasteiger partial charge in [0.15, 0.2) is 14.1 Å². The Hall–Kier alpha value is -1.00. The highest BCUT2D eigenvalue weighted by molar-refractivity contribution is 6.74. The Kier molecular flexibility index (Phi) is 7.12. The molecule has 2 aliphatic heterocycles. The quantitative estimate of drug-likeness (QED) is 0.625. The lowest BCUT2D eigenvalue weighted by Crippen LogP contribution is -2.64. The first-order valence-electron chi connectivity index (χ1n) is 11.0. The number of carbonyl (C=O) groups excluding carboxylic acids is 2. The fourth-order valence-corrected chi connectivity index (χ4v) is 4.67. The molecule has 0 aliphatic carbocycles. The van der Waals surface area contributed by atoms with Gasteiger partial charge in [-0.1, -0.05) is 20.8 Å². The Morgan fingerprint density at radius 2 is 1.84 bits per heavy atom. The lowest BCUT2D eigenvalue weighted by Gasteiger charge is -2.45. The third-order valence-electron chi connectivity index (χ3n) is 6.46. The molecule has 2 saturated heterocycles. The van der Waals surface area contributed by atoms with Crippen LogP contribution in [0.1, 0.15) is 68.2 Å². The molecule has 8 nitrogen and oxygen atoms in total. The van der Waals surface area contributed by atoms with E-state index in [2.05, 4.69) is 33.9 Å². The van der Waals surface area contributed by atoms with E-state index in [1.165, 1.54) is 0 Å². The Morgan fingerprint density at radius 1 is 1.26 bits per heavy atom. The fourth-order valence-electron chi connectivity index (χ4n) is 3.63. The third kappa shape index (κ3) is 5.68. The molecule has 0 unspecified atom stereocenters. The molecule has 0 saturated carbocycles. The van der Waals surface area contributed by atoms with Crippen molar-refractivity contribution in [2.45, 2.75) is 115 Å². The van der Waals surface area contributed by atoms with Crippen LogP contribution in [0.15, 0.2) is 0 Å². The molecule has 0 radical (unpaired) electrons. The maximum atomic E-state index is 13.1. The van der Waals surface area contributed by atoms with E-state index in [0.29, 0.717) is 0 Å². The second-order valence-corrected chi connectivity index (χ2v) is 16.5. The molecule has 0 bridgehead atoms. The van der Waals surface area contributed by atoms with Crippen LogP contribution in [0.25, 0.3) is 0 Å². The van der Waals surface area contributed by atoms with Gasteiger partial charge in [-0.3, -0.25) is 4.79 Å². The number of ether oxygens (including phenoxy) is 3. The summed E-state index contributed by atoms with van der Waals surface area (Å²) in [5.41, 5.74) is -2.07. The van der Waals surface area contributed by atoms with Crippen LogP contribution in [-0.2, 0) is 23.4 Å². The summed E-state index contributed by atoms with van der Waals surface area (Å²) >= 11 is 0. The largest absolute Gasteiger partial charge is 0.443 e. The molecule has 2 fully saturated rings. The molecule has 2 amide bonds. The van der Waals surface area contributed by atoms with Gasteiger partial charge in [0, 0.05) is 6.42 Å². The van der Waals surface area contributed by atoms with E-state index < -0.39 is 43.5 Å². The Morgan fingerprint density at radius 3 is 2.29 bits per heavy atom. The van der Waals surface area contributed by atoms with Crippen molar-refractivity contribution in [3.63, 3.8) is 0 Å². The van der Waals surface area contributed by atoms with Gasteiger partial charge in [0.25, 0.3) is 0 Å². The first-order valence-corrected chi connectivity index (χ1v) is 13.9. The van der Waals surface area contributed by atoms with Crippen LogP contribution >= 0.6 is 0 Å². The molecule has 2 heterocycles. The van der Waals surface area contributed by atoms with Gasteiger partial charge >= 0.3 is 6.09 Å². The van der Waals surface area contributed by atoms with Gasteiger partial charge in [-0.25, -0.2) is 9.69 Å². The van der Waals surface area contributed by atoms with Gasteiger partial charge in [0.1, 0.15) is 23.3 Å². The predicted octanol–water partition coefficient (Wildman–Crippen LogP) is 3.82. The molecule has 31 heavy (non-hydrogen) atoms. The highest BCUT2D eigenvalue weighted by atomic mass is 28.4. The smallest absolute Gasteiger partial charge is 0.417 e. The Balaban J connectivity index is 2.43. The van der Waals surface area contributed by atoms with Crippen LogP contribution in [0.2, 0.25) is 18.1 Å². The van der Waals surface area contributed by atoms with Gasteiger partial charge < -0.3 is 23.7 Å². The van der Waals surface area contributed by atoms with E-state index in [0.717, 1.165) is 4.90 Å². The van der Waals surface area contributed by atoms with E-state index >= 15 is 0 Å². The summed E-state index contributed by atoms with van der Waals surface area (Å²) in [6.45, 7) is 19.5. The van der Waals surface area contributed by atoms with Crippen molar-refractivity contribution in [3.8, 4) is 0 Å². The number of amides is 2. The van der Waals surface area contributed by atoms with Crippen molar-refractivity contribution < 1.29 is 33.3 Å². The van der Waals surface area contributed by atoms with E-state index in [4.69, 9.17) is 18.6 Å². The van der Waals surface area contributed by atoms with E-state index in [9.17, 15) is 14.7 Å². The summed E-state index contributed by atoms with van der Waals surface area (Å²) < 4.78 is 23.5. The van der Waals surface area contributed by atoms with Crippen molar-refractivity contribution in [2.75, 3.05) is 13.2 Å². The van der Waals surface area contributed by atoms with E-state index in [1.807, 2.05) is 0 Å². The second-order valence-electron chi connectivity index (χ2n) is 11.7. The summed E-state index contributed by atoms with van der Waals surface area (Å²) in [5.74, 6) is -1.24. The average Bonchev–Trinajstić information content (AvgIpc) is 3.10. The average molecular weight is 460 g/mol. The first-order chi connectivity index (χ1) is 13.8. The minimum absolute atomic E-state index is 0.0237. The summed E-state index contributed by atoms with van der Waals surface area (Å²) in [6.07, 6.45) is -2.27. The van der Waals surface area contributed by atoms with Crippen LogP contribution in [0.4, 0.5) is 4.79 Å². The van der Waals surface area contributed by atoms with Gasteiger partial charge in [-0.05, 0) is 59.2 Å². The maximum absolute atomic E-state index is 13.1. The highest BCUT2D eigenvalue weighted by Crippen LogP contribution is 2.42. The minimum Gasteiger partial charge on any atom is -0.443 e. The molecular weight excluding hydrogens is 418 g/mol. The summed E-state index contributed by atoms with van der Waals surface area (Å²) in [4.78, 5) is 27.1. The third-order valence-corrected chi connectivity index (χ3v) is 10.9. The zero-order valence-electron chi connectivity index (χ0n) is 20.8. The monoisotopic (exact) mass is 459 g/mol. The number of hydrogen-bond donors (Lipinski definition) is 1. The van der Waals surface area contributed by atoms with E-state index in [1.54, 1.807) is 34.6 Å². The fraction of sp³-hybridized carbons (Fsp3) is 0.909. The lowest BCUT2D eigenvalue weighted by atomic mass is 9.87. The molecule has 9 heteroatoms.